The fraction of sp³-hybridized carbons (Fsp3) is 0.611. The number of ether oxygens (including phenoxy) is 1. The number of hydrogen-bond donors (Lipinski definition) is 2. The normalized spacial score (nSPS) is 13.5. The van der Waals surface area contributed by atoms with Crippen LogP contribution < -0.4 is 10.6 Å². The summed E-state index contributed by atoms with van der Waals surface area (Å²) in [5.41, 5.74) is 0.353. The number of rotatable bonds is 6. The van der Waals surface area contributed by atoms with Crippen molar-refractivity contribution in [3.05, 3.63) is 29.8 Å². The highest BCUT2D eigenvalue weighted by Crippen LogP contribution is 2.19. The summed E-state index contributed by atoms with van der Waals surface area (Å²) in [5.74, 6) is 0. The fourth-order valence-corrected chi connectivity index (χ4v) is 2.45. The van der Waals surface area contributed by atoms with Crippen molar-refractivity contribution in [2.45, 2.75) is 63.6 Å². The second kappa shape index (κ2) is 8.06. The Bertz CT molecular complexity index is 507. The molecule has 130 valence electrons. The molecule has 1 unspecified atom stereocenters. The highest BCUT2D eigenvalue weighted by molar-refractivity contribution is 7.98. The van der Waals surface area contributed by atoms with Crippen LogP contribution >= 0.6 is 11.8 Å². The summed E-state index contributed by atoms with van der Waals surface area (Å²) in [6, 6.07) is 8.74. The van der Waals surface area contributed by atoms with Gasteiger partial charge < -0.3 is 15.4 Å². The molecule has 2 N–H and O–H groups in total. The molecule has 0 bridgehead atoms. The van der Waals surface area contributed by atoms with Gasteiger partial charge in [0.15, 0.2) is 0 Å². The second-order valence-electron chi connectivity index (χ2n) is 7.39. The molecule has 1 aromatic carbocycles. The molecular formula is C18H30N2O2S. The maximum Gasteiger partial charge on any atom is 0.408 e. The minimum Gasteiger partial charge on any atom is -0.444 e. The van der Waals surface area contributed by atoms with Gasteiger partial charge in [-0.05, 0) is 65.5 Å². The fourth-order valence-electron chi connectivity index (χ4n) is 2.04. The van der Waals surface area contributed by atoms with Crippen LogP contribution in [-0.2, 0) is 4.74 Å². The van der Waals surface area contributed by atoms with E-state index in [2.05, 4.69) is 48.1 Å². The molecule has 0 saturated heterocycles. The van der Waals surface area contributed by atoms with Crippen LogP contribution in [0.2, 0.25) is 0 Å². The van der Waals surface area contributed by atoms with E-state index in [0.29, 0.717) is 6.54 Å². The molecule has 0 aliphatic rings. The van der Waals surface area contributed by atoms with E-state index in [1.165, 1.54) is 10.5 Å². The van der Waals surface area contributed by atoms with Gasteiger partial charge in [0, 0.05) is 17.5 Å². The van der Waals surface area contributed by atoms with E-state index in [0.717, 1.165) is 0 Å². The van der Waals surface area contributed by atoms with Crippen molar-refractivity contribution in [1.29, 1.82) is 0 Å². The molecule has 0 aromatic heterocycles. The Balaban J connectivity index is 2.52. The van der Waals surface area contributed by atoms with Crippen LogP contribution in [-0.4, -0.2) is 30.0 Å². The van der Waals surface area contributed by atoms with Gasteiger partial charge in [-0.25, -0.2) is 4.79 Å². The predicted octanol–water partition coefficient (Wildman–Crippen LogP) is 4.36. The quantitative estimate of drug-likeness (QED) is 0.757. The Hall–Kier alpha value is -1.20. The zero-order valence-corrected chi connectivity index (χ0v) is 16.1. The van der Waals surface area contributed by atoms with E-state index in [-0.39, 0.29) is 12.1 Å². The first-order chi connectivity index (χ1) is 10.5. The molecule has 0 radical (unpaired) electrons. The van der Waals surface area contributed by atoms with Gasteiger partial charge in [-0.2, -0.15) is 0 Å². The van der Waals surface area contributed by atoms with Gasteiger partial charge in [0.1, 0.15) is 5.60 Å². The lowest BCUT2D eigenvalue weighted by molar-refractivity contribution is 0.0471. The number of nitrogens with one attached hydrogen (secondary N) is 2. The first-order valence-electron chi connectivity index (χ1n) is 7.91. The molecular weight excluding hydrogens is 308 g/mol. The number of hydrogen-bond acceptors (Lipinski definition) is 4. The van der Waals surface area contributed by atoms with Crippen LogP contribution in [0, 0.1) is 0 Å². The maximum absolute atomic E-state index is 11.9. The largest absolute Gasteiger partial charge is 0.444 e. The predicted molar refractivity (Wildman–Crippen MR) is 98.1 cm³/mol. The Kier molecular flexibility index (Phi) is 6.96. The summed E-state index contributed by atoms with van der Waals surface area (Å²) in [6.45, 7) is 12.3. The van der Waals surface area contributed by atoms with Gasteiger partial charge >= 0.3 is 6.09 Å². The highest BCUT2D eigenvalue weighted by atomic mass is 32.2. The van der Waals surface area contributed by atoms with E-state index in [9.17, 15) is 4.79 Å². The van der Waals surface area contributed by atoms with Crippen molar-refractivity contribution in [2.24, 2.45) is 0 Å². The van der Waals surface area contributed by atoms with E-state index in [1.54, 1.807) is 11.8 Å². The third-order valence-electron chi connectivity index (χ3n) is 3.31. The van der Waals surface area contributed by atoms with Gasteiger partial charge in [0.25, 0.3) is 0 Å². The minimum absolute atomic E-state index is 0.214. The van der Waals surface area contributed by atoms with E-state index < -0.39 is 11.1 Å². The number of carbonyl (C=O) groups excluding carboxylic acids is 1. The average Bonchev–Trinajstić information content (AvgIpc) is 2.42. The summed E-state index contributed by atoms with van der Waals surface area (Å²) in [7, 11) is 0. The highest BCUT2D eigenvalue weighted by Gasteiger charge is 2.25. The summed E-state index contributed by atoms with van der Waals surface area (Å²) in [6.07, 6.45) is 1.68. The first-order valence-corrected chi connectivity index (χ1v) is 9.13. The van der Waals surface area contributed by atoms with Crippen LogP contribution in [0.1, 0.15) is 53.1 Å². The molecule has 5 heteroatoms. The summed E-state index contributed by atoms with van der Waals surface area (Å²) < 4.78 is 5.31. The van der Waals surface area contributed by atoms with E-state index >= 15 is 0 Å². The van der Waals surface area contributed by atoms with Gasteiger partial charge in [-0.15, -0.1) is 11.8 Å². The van der Waals surface area contributed by atoms with Crippen LogP contribution in [0.3, 0.4) is 0 Å². The number of benzene rings is 1. The molecule has 1 atom stereocenters. The molecule has 0 aliphatic heterocycles. The number of alkyl carbamates (subject to hydrolysis) is 1. The summed E-state index contributed by atoms with van der Waals surface area (Å²) >= 11 is 1.74. The lowest BCUT2D eigenvalue weighted by Gasteiger charge is -2.30. The molecule has 0 aliphatic carbocycles. The monoisotopic (exact) mass is 338 g/mol. The molecule has 0 heterocycles. The summed E-state index contributed by atoms with van der Waals surface area (Å²) in [4.78, 5) is 13.2. The molecule has 1 amide bonds. The van der Waals surface area contributed by atoms with Crippen LogP contribution in [0.15, 0.2) is 29.2 Å². The Labute approximate surface area is 144 Å². The topological polar surface area (TPSA) is 50.4 Å². The van der Waals surface area contributed by atoms with E-state index in [1.807, 2.05) is 34.6 Å². The molecule has 0 spiro atoms. The molecule has 1 rings (SSSR count). The van der Waals surface area contributed by atoms with Gasteiger partial charge in [-0.3, -0.25) is 0 Å². The van der Waals surface area contributed by atoms with Crippen molar-refractivity contribution in [2.75, 3.05) is 12.8 Å². The van der Waals surface area contributed by atoms with Gasteiger partial charge in [-0.1, -0.05) is 12.1 Å². The van der Waals surface area contributed by atoms with Gasteiger partial charge in [0.2, 0.25) is 0 Å². The third-order valence-corrected chi connectivity index (χ3v) is 4.05. The van der Waals surface area contributed by atoms with Crippen molar-refractivity contribution < 1.29 is 9.53 Å². The second-order valence-corrected chi connectivity index (χ2v) is 8.27. The smallest absolute Gasteiger partial charge is 0.408 e. The standard InChI is InChI=1S/C18H30N2O2S/c1-13(14-8-10-15(23-7)11-9-14)19-12-18(5,6)20-16(21)22-17(2,3)4/h8-11,13,19H,12H2,1-7H3,(H,20,21). The van der Waals surface area contributed by atoms with Crippen molar-refractivity contribution in [1.82, 2.24) is 10.6 Å². The van der Waals surface area contributed by atoms with Crippen molar-refractivity contribution in [3.8, 4) is 0 Å². The Morgan fingerprint density at radius 3 is 2.22 bits per heavy atom. The van der Waals surface area contributed by atoms with Crippen molar-refractivity contribution in [3.63, 3.8) is 0 Å². The van der Waals surface area contributed by atoms with Crippen molar-refractivity contribution >= 4 is 17.9 Å². The Morgan fingerprint density at radius 1 is 1.17 bits per heavy atom. The number of amides is 1. The third kappa shape index (κ3) is 7.75. The zero-order chi connectivity index (χ0) is 17.7. The zero-order valence-electron chi connectivity index (χ0n) is 15.3. The molecule has 0 fully saturated rings. The number of carbonyl (C=O) groups is 1. The van der Waals surface area contributed by atoms with Gasteiger partial charge in [0.05, 0.1) is 5.54 Å². The average molecular weight is 339 g/mol. The van der Waals surface area contributed by atoms with Crippen LogP contribution in [0.5, 0.6) is 0 Å². The van der Waals surface area contributed by atoms with Crippen LogP contribution in [0.25, 0.3) is 0 Å². The summed E-state index contributed by atoms with van der Waals surface area (Å²) in [5, 5.41) is 6.38. The van der Waals surface area contributed by atoms with E-state index in [4.69, 9.17) is 4.74 Å². The molecule has 0 saturated carbocycles. The molecule has 1 aromatic rings. The first kappa shape index (κ1) is 19.8. The lowest BCUT2D eigenvalue weighted by Crippen LogP contribution is -2.51. The lowest BCUT2D eigenvalue weighted by atomic mass is 10.0. The van der Waals surface area contributed by atoms with Crippen LogP contribution in [0.4, 0.5) is 4.79 Å². The SMILES string of the molecule is CSc1ccc(C(C)NCC(C)(C)NC(=O)OC(C)(C)C)cc1. The minimum atomic E-state index is -0.486. The number of thioether (sulfide) groups is 1. The molecule has 23 heavy (non-hydrogen) atoms. The maximum atomic E-state index is 11.9. The molecule has 4 nitrogen and oxygen atoms in total. The Morgan fingerprint density at radius 2 is 1.74 bits per heavy atom.